The van der Waals surface area contributed by atoms with Crippen LogP contribution in [-0.4, -0.2) is 38.1 Å². The van der Waals surface area contributed by atoms with Crippen LogP contribution in [0.3, 0.4) is 0 Å². The molecule has 0 heterocycles. The van der Waals surface area contributed by atoms with Gasteiger partial charge in [0.15, 0.2) is 0 Å². The molecule has 1 fully saturated rings. The maximum Gasteiger partial charge on any atom is 0.101 e. The molecule has 0 radical (unpaired) electrons. The maximum absolute atomic E-state index is 8.90. The van der Waals surface area contributed by atoms with Crippen molar-refractivity contribution >= 4 is 11.4 Å². The Labute approximate surface area is 115 Å². The fourth-order valence-electron chi connectivity index (χ4n) is 2.75. The molecule has 1 aromatic carbocycles. The van der Waals surface area contributed by atoms with Crippen molar-refractivity contribution in [2.24, 2.45) is 0 Å². The highest BCUT2D eigenvalue weighted by molar-refractivity contribution is 5.63. The van der Waals surface area contributed by atoms with Gasteiger partial charge >= 0.3 is 0 Å². The number of hydrogen-bond donors (Lipinski definition) is 1. The molecule has 19 heavy (non-hydrogen) atoms. The van der Waals surface area contributed by atoms with Crippen LogP contribution in [0.2, 0.25) is 0 Å². The quantitative estimate of drug-likeness (QED) is 0.840. The molecule has 0 aromatic heterocycles. The largest absolute Gasteiger partial charge is 0.398 e. The van der Waals surface area contributed by atoms with E-state index in [2.05, 4.69) is 37.0 Å². The van der Waals surface area contributed by atoms with Gasteiger partial charge < -0.3 is 15.5 Å². The molecule has 0 bridgehead atoms. The SMILES string of the molecule is CN(CC1(N(C)C)CCC1)c1ccc(C#N)c(N)c1. The molecule has 4 heteroatoms. The van der Waals surface area contributed by atoms with Crippen molar-refractivity contribution in [1.29, 1.82) is 5.26 Å². The number of nitrogen functional groups attached to an aromatic ring is 1. The average molecular weight is 258 g/mol. The Hall–Kier alpha value is -1.73. The van der Waals surface area contributed by atoms with Gasteiger partial charge in [-0.25, -0.2) is 0 Å². The first-order chi connectivity index (χ1) is 8.98. The number of benzene rings is 1. The van der Waals surface area contributed by atoms with Crippen LogP contribution in [-0.2, 0) is 0 Å². The normalized spacial score (nSPS) is 16.8. The van der Waals surface area contributed by atoms with Crippen molar-refractivity contribution in [2.75, 3.05) is 38.3 Å². The van der Waals surface area contributed by atoms with Crippen molar-refractivity contribution in [3.63, 3.8) is 0 Å². The van der Waals surface area contributed by atoms with Crippen LogP contribution in [0, 0.1) is 11.3 Å². The summed E-state index contributed by atoms with van der Waals surface area (Å²) in [5.41, 5.74) is 8.34. The van der Waals surface area contributed by atoms with Crippen molar-refractivity contribution in [1.82, 2.24) is 4.90 Å². The molecule has 1 saturated carbocycles. The van der Waals surface area contributed by atoms with Crippen LogP contribution in [0.1, 0.15) is 24.8 Å². The van der Waals surface area contributed by atoms with Gasteiger partial charge in [0.05, 0.1) is 11.3 Å². The van der Waals surface area contributed by atoms with E-state index in [4.69, 9.17) is 11.0 Å². The summed E-state index contributed by atoms with van der Waals surface area (Å²) >= 11 is 0. The fraction of sp³-hybridized carbons (Fsp3) is 0.533. The predicted molar refractivity (Wildman–Crippen MR) is 79.1 cm³/mol. The van der Waals surface area contributed by atoms with E-state index in [0.717, 1.165) is 12.2 Å². The standard InChI is InChI=1S/C15H22N4/c1-18(2)15(7-4-8-15)11-19(3)13-6-5-12(10-16)14(17)9-13/h5-6,9H,4,7-8,11,17H2,1-3H3. The summed E-state index contributed by atoms with van der Waals surface area (Å²) in [5, 5.41) is 8.90. The van der Waals surface area contributed by atoms with Gasteiger partial charge in [0.2, 0.25) is 0 Å². The molecule has 1 aromatic rings. The van der Waals surface area contributed by atoms with Crippen molar-refractivity contribution < 1.29 is 0 Å². The topological polar surface area (TPSA) is 56.3 Å². The molecule has 2 rings (SSSR count). The Morgan fingerprint density at radius 1 is 1.32 bits per heavy atom. The summed E-state index contributed by atoms with van der Waals surface area (Å²) in [6.07, 6.45) is 3.80. The molecule has 0 spiro atoms. The molecule has 2 N–H and O–H groups in total. The van der Waals surface area contributed by atoms with Gasteiger partial charge in [-0.15, -0.1) is 0 Å². The smallest absolute Gasteiger partial charge is 0.101 e. The minimum atomic E-state index is 0.289. The Morgan fingerprint density at radius 3 is 2.42 bits per heavy atom. The van der Waals surface area contributed by atoms with Crippen LogP contribution >= 0.6 is 0 Å². The van der Waals surface area contributed by atoms with E-state index in [1.54, 1.807) is 6.07 Å². The second-order valence-electron chi connectivity index (χ2n) is 5.71. The number of hydrogen-bond acceptors (Lipinski definition) is 4. The molecule has 1 aliphatic carbocycles. The Morgan fingerprint density at radius 2 is 2.00 bits per heavy atom. The molecule has 102 valence electrons. The summed E-state index contributed by atoms with van der Waals surface area (Å²) in [5.74, 6) is 0. The van der Waals surface area contributed by atoms with Crippen molar-refractivity contribution in [3.8, 4) is 6.07 Å². The minimum absolute atomic E-state index is 0.289. The molecular weight excluding hydrogens is 236 g/mol. The zero-order chi connectivity index (χ0) is 14.0. The summed E-state index contributed by atoms with van der Waals surface area (Å²) in [6, 6.07) is 7.75. The van der Waals surface area contributed by atoms with E-state index in [9.17, 15) is 0 Å². The van der Waals surface area contributed by atoms with Crippen LogP contribution in [0.5, 0.6) is 0 Å². The third kappa shape index (κ3) is 2.52. The number of nitriles is 1. The first-order valence-corrected chi connectivity index (χ1v) is 6.67. The lowest BCUT2D eigenvalue weighted by atomic mass is 9.75. The Kier molecular flexibility index (Phi) is 3.68. The number of nitrogens with two attached hydrogens (primary N) is 1. The zero-order valence-corrected chi connectivity index (χ0v) is 12.0. The number of rotatable bonds is 4. The van der Waals surface area contributed by atoms with E-state index in [-0.39, 0.29) is 5.54 Å². The van der Waals surface area contributed by atoms with Crippen LogP contribution in [0.25, 0.3) is 0 Å². The average Bonchev–Trinajstić information content (AvgIpc) is 2.32. The molecular formula is C15H22N4. The number of likely N-dealkylation sites (N-methyl/N-ethyl adjacent to an activating group) is 2. The van der Waals surface area contributed by atoms with E-state index >= 15 is 0 Å². The molecule has 0 unspecified atom stereocenters. The van der Waals surface area contributed by atoms with E-state index < -0.39 is 0 Å². The molecule has 0 atom stereocenters. The third-order valence-electron chi connectivity index (χ3n) is 4.36. The minimum Gasteiger partial charge on any atom is -0.398 e. The van der Waals surface area contributed by atoms with Crippen molar-refractivity contribution in [2.45, 2.75) is 24.8 Å². The van der Waals surface area contributed by atoms with Gasteiger partial charge in [0.1, 0.15) is 6.07 Å². The van der Waals surface area contributed by atoms with Gasteiger partial charge in [0, 0.05) is 24.8 Å². The monoisotopic (exact) mass is 258 g/mol. The van der Waals surface area contributed by atoms with Gasteiger partial charge in [0.25, 0.3) is 0 Å². The van der Waals surface area contributed by atoms with Gasteiger partial charge in [-0.2, -0.15) is 5.26 Å². The van der Waals surface area contributed by atoms with Crippen molar-refractivity contribution in [3.05, 3.63) is 23.8 Å². The third-order valence-corrected chi connectivity index (χ3v) is 4.36. The van der Waals surface area contributed by atoms with Gasteiger partial charge in [-0.1, -0.05) is 0 Å². The van der Waals surface area contributed by atoms with E-state index in [0.29, 0.717) is 11.3 Å². The lowest BCUT2D eigenvalue weighted by molar-refractivity contribution is 0.0683. The second-order valence-corrected chi connectivity index (χ2v) is 5.71. The Balaban J connectivity index is 2.14. The fourth-order valence-corrected chi connectivity index (χ4v) is 2.75. The molecule has 0 saturated heterocycles. The first-order valence-electron chi connectivity index (χ1n) is 6.67. The summed E-state index contributed by atoms with van der Waals surface area (Å²) in [6.45, 7) is 0.991. The van der Waals surface area contributed by atoms with Gasteiger partial charge in [-0.05, 0) is 51.6 Å². The summed E-state index contributed by atoms with van der Waals surface area (Å²) in [7, 11) is 6.39. The van der Waals surface area contributed by atoms with E-state index in [1.165, 1.54) is 19.3 Å². The molecule has 1 aliphatic rings. The summed E-state index contributed by atoms with van der Waals surface area (Å²) in [4.78, 5) is 4.57. The molecule has 0 aliphatic heterocycles. The highest BCUT2D eigenvalue weighted by Gasteiger charge is 2.39. The molecule has 0 amide bonds. The maximum atomic E-state index is 8.90. The highest BCUT2D eigenvalue weighted by Crippen LogP contribution is 2.37. The zero-order valence-electron chi connectivity index (χ0n) is 12.0. The van der Waals surface area contributed by atoms with Gasteiger partial charge in [-0.3, -0.25) is 0 Å². The molecule has 4 nitrogen and oxygen atoms in total. The number of nitrogens with zero attached hydrogens (tertiary/aromatic N) is 3. The second kappa shape index (κ2) is 5.10. The van der Waals surface area contributed by atoms with E-state index in [1.807, 2.05) is 12.1 Å². The predicted octanol–water partition coefficient (Wildman–Crippen LogP) is 2.06. The number of anilines is 2. The van der Waals surface area contributed by atoms with Crippen LogP contribution in [0.4, 0.5) is 11.4 Å². The lowest BCUT2D eigenvalue weighted by Gasteiger charge is -2.49. The van der Waals surface area contributed by atoms with Crippen LogP contribution < -0.4 is 10.6 Å². The Bertz CT molecular complexity index is 497. The highest BCUT2D eigenvalue weighted by atomic mass is 15.2. The summed E-state index contributed by atoms with van der Waals surface area (Å²) < 4.78 is 0. The van der Waals surface area contributed by atoms with Crippen LogP contribution in [0.15, 0.2) is 18.2 Å². The lowest BCUT2D eigenvalue weighted by Crippen LogP contribution is -2.56. The first kappa shape index (κ1) is 13.7.